The van der Waals surface area contributed by atoms with Gasteiger partial charge < -0.3 is 19.3 Å². The topological polar surface area (TPSA) is 94.6 Å². The van der Waals surface area contributed by atoms with Crippen LogP contribution in [0, 0.1) is 5.92 Å². The van der Waals surface area contributed by atoms with Gasteiger partial charge in [0, 0.05) is 31.5 Å². The molecule has 204 valence electrons. The predicted octanol–water partition coefficient (Wildman–Crippen LogP) is 4.55. The molecule has 2 bridgehead atoms. The van der Waals surface area contributed by atoms with Crippen LogP contribution in [0.15, 0.2) is 66.2 Å². The number of nitrogens with zero attached hydrogens (tertiary/aromatic N) is 2. The van der Waals surface area contributed by atoms with Gasteiger partial charge in [0.05, 0.1) is 31.8 Å². The van der Waals surface area contributed by atoms with Gasteiger partial charge in [-0.25, -0.2) is 4.79 Å². The van der Waals surface area contributed by atoms with E-state index < -0.39 is 5.92 Å². The van der Waals surface area contributed by atoms with E-state index in [-0.39, 0.29) is 23.8 Å². The number of anilines is 1. The van der Waals surface area contributed by atoms with Crippen LogP contribution in [-0.2, 0) is 14.3 Å². The van der Waals surface area contributed by atoms with Gasteiger partial charge in [0.15, 0.2) is 6.10 Å². The summed E-state index contributed by atoms with van der Waals surface area (Å²) in [5.74, 6) is -0.712. The van der Waals surface area contributed by atoms with E-state index in [9.17, 15) is 14.4 Å². The van der Waals surface area contributed by atoms with Gasteiger partial charge in [0.2, 0.25) is 5.78 Å². The van der Waals surface area contributed by atoms with Crippen molar-refractivity contribution in [3.8, 4) is 0 Å². The Kier molecular flexibility index (Phi) is 8.38. The number of pyridine rings is 1. The van der Waals surface area contributed by atoms with Crippen molar-refractivity contribution in [3.05, 3.63) is 82.3 Å². The molecule has 0 radical (unpaired) electrons. The molecule has 0 saturated carbocycles. The van der Waals surface area contributed by atoms with Gasteiger partial charge in [0.1, 0.15) is 23.7 Å². The second-order valence-electron chi connectivity index (χ2n) is 10.4. The quantitative estimate of drug-likeness (QED) is 0.213. The summed E-state index contributed by atoms with van der Waals surface area (Å²) in [7, 11) is 1.36. The molecule has 39 heavy (non-hydrogen) atoms. The number of ether oxygens (including phenoxy) is 2. The largest absolute Gasteiger partial charge is 0.465 e. The molecule has 0 aliphatic carbocycles. The number of benzene rings is 1. The van der Waals surface area contributed by atoms with Crippen molar-refractivity contribution in [2.75, 3.05) is 45.2 Å². The highest BCUT2D eigenvalue weighted by molar-refractivity contribution is 7.12. The Balaban J connectivity index is 1.25. The van der Waals surface area contributed by atoms with Crippen molar-refractivity contribution in [2.45, 2.75) is 31.3 Å². The molecule has 5 heterocycles. The molecular formula is C30H34N3O5S+. The van der Waals surface area contributed by atoms with Crippen LogP contribution >= 0.6 is 11.3 Å². The number of carbonyl (C=O) groups excluding carboxylic acids is 3. The number of methoxy groups -OCH3 is 1. The molecule has 0 spiro atoms. The highest BCUT2D eigenvalue weighted by Gasteiger charge is 2.49. The van der Waals surface area contributed by atoms with E-state index in [0.717, 1.165) is 31.5 Å². The zero-order chi connectivity index (χ0) is 27.2. The van der Waals surface area contributed by atoms with E-state index in [1.165, 1.54) is 18.4 Å². The Labute approximate surface area is 232 Å². The van der Waals surface area contributed by atoms with Gasteiger partial charge in [-0.05, 0) is 35.6 Å². The average Bonchev–Trinajstić information content (AvgIpc) is 3.45. The summed E-state index contributed by atoms with van der Waals surface area (Å²) >= 11 is 1.32. The number of nitrogens with one attached hydrogen (secondary N) is 1. The van der Waals surface area contributed by atoms with Crippen LogP contribution in [0.2, 0.25) is 0 Å². The lowest BCUT2D eigenvalue weighted by Gasteiger charge is -2.51. The minimum Gasteiger partial charge on any atom is -0.465 e. The zero-order valence-corrected chi connectivity index (χ0v) is 22.9. The van der Waals surface area contributed by atoms with Gasteiger partial charge >= 0.3 is 11.9 Å². The number of hydrogen-bond donors (Lipinski definition) is 1. The molecule has 0 amide bonds. The molecular weight excluding hydrogens is 514 g/mol. The van der Waals surface area contributed by atoms with Crippen LogP contribution in [0.1, 0.15) is 50.9 Å². The molecule has 3 aliphatic rings. The number of hydrogen-bond acceptors (Lipinski definition) is 8. The number of carbonyl (C=O) groups is 3. The first-order chi connectivity index (χ1) is 19.0. The fraction of sp³-hybridized carbons (Fsp3) is 0.400. The van der Waals surface area contributed by atoms with Crippen LogP contribution in [0.5, 0.6) is 0 Å². The fourth-order valence-corrected chi connectivity index (χ4v) is 6.66. The highest BCUT2D eigenvalue weighted by Crippen LogP contribution is 2.37. The maximum atomic E-state index is 13.6. The number of thiophene rings is 1. The van der Waals surface area contributed by atoms with Gasteiger partial charge in [-0.3, -0.25) is 14.6 Å². The lowest BCUT2D eigenvalue weighted by Crippen LogP contribution is -2.65. The maximum Gasteiger partial charge on any atom is 0.350 e. The van der Waals surface area contributed by atoms with Crippen molar-refractivity contribution in [1.82, 2.24) is 4.98 Å². The molecule has 3 saturated heterocycles. The van der Waals surface area contributed by atoms with Gasteiger partial charge in [0.25, 0.3) is 0 Å². The maximum absolute atomic E-state index is 13.6. The first-order valence-corrected chi connectivity index (χ1v) is 14.3. The number of fused-ring (bicyclic) bond motifs is 3. The van der Waals surface area contributed by atoms with Crippen LogP contribution in [0.25, 0.3) is 0 Å². The first kappa shape index (κ1) is 27.0. The minimum absolute atomic E-state index is 0.0361. The van der Waals surface area contributed by atoms with Crippen LogP contribution in [0.3, 0.4) is 0 Å². The molecule has 9 heteroatoms. The van der Waals surface area contributed by atoms with Gasteiger partial charge in [-0.15, -0.1) is 11.3 Å². The fourth-order valence-electron chi connectivity index (χ4n) is 5.88. The van der Waals surface area contributed by atoms with E-state index in [1.807, 2.05) is 53.9 Å². The molecule has 2 unspecified atom stereocenters. The Bertz CT molecular complexity index is 1290. The normalized spacial score (nSPS) is 22.6. The number of Topliss-reactive ketones (excluding diaryl/α,β-unsaturated/α-hetero) is 1. The molecule has 3 aliphatic heterocycles. The second kappa shape index (κ2) is 12.1. The third-order valence-electron chi connectivity index (χ3n) is 8.01. The SMILES string of the molecule is COC(=O)c1sccc1NCCC(C(=O)OC1C[N+]2(CC(=O)c3ccccn3)CCC1CC2)c1ccccc1. The molecule has 1 aromatic carbocycles. The third-order valence-corrected chi connectivity index (χ3v) is 8.90. The van der Waals surface area contributed by atoms with Crippen LogP contribution in [-0.4, -0.2) is 73.1 Å². The van der Waals surface area contributed by atoms with Crippen molar-refractivity contribution < 1.29 is 28.3 Å². The first-order valence-electron chi connectivity index (χ1n) is 13.4. The number of piperidine rings is 3. The monoisotopic (exact) mass is 548 g/mol. The predicted molar refractivity (Wildman–Crippen MR) is 149 cm³/mol. The summed E-state index contributed by atoms with van der Waals surface area (Å²) < 4.78 is 11.8. The summed E-state index contributed by atoms with van der Waals surface area (Å²) in [6.45, 7) is 3.38. The number of esters is 2. The van der Waals surface area contributed by atoms with Crippen molar-refractivity contribution in [3.63, 3.8) is 0 Å². The number of ketones is 1. The van der Waals surface area contributed by atoms with Crippen LogP contribution in [0.4, 0.5) is 5.69 Å². The van der Waals surface area contributed by atoms with E-state index in [4.69, 9.17) is 9.47 Å². The van der Waals surface area contributed by atoms with E-state index in [0.29, 0.717) is 52.7 Å². The summed E-state index contributed by atoms with van der Waals surface area (Å²) in [6, 6.07) is 16.9. The second-order valence-corrected chi connectivity index (χ2v) is 11.3. The zero-order valence-electron chi connectivity index (χ0n) is 22.1. The molecule has 3 fully saturated rings. The minimum atomic E-state index is -0.446. The van der Waals surface area contributed by atoms with E-state index >= 15 is 0 Å². The van der Waals surface area contributed by atoms with Crippen LogP contribution < -0.4 is 5.32 Å². The van der Waals surface area contributed by atoms with E-state index in [1.54, 1.807) is 12.3 Å². The number of aromatic nitrogens is 1. The Morgan fingerprint density at radius 3 is 2.56 bits per heavy atom. The smallest absolute Gasteiger partial charge is 0.350 e. The molecule has 1 N–H and O–H groups in total. The summed E-state index contributed by atoms with van der Waals surface area (Å²) in [5.41, 5.74) is 2.09. The summed E-state index contributed by atoms with van der Waals surface area (Å²) in [4.78, 5) is 43.4. The molecule has 8 nitrogen and oxygen atoms in total. The summed E-state index contributed by atoms with van der Waals surface area (Å²) in [6.07, 6.45) is 3.83. The standard InChI is InChI=1S/C30H33N3O5S/c1-37-30(36)28-25(13-18-39-28)32-15-10-23(21-7-3-2-4-8-21)29(35)38-27-20-33(16-11-22(27)12-17-33)19-26(34)24-9-5-6-14-31-24/h2-9,13-14,18,22-23,27H,10-12,15-17,19-20H2,1H3/p+1. The van der Waals surface area contributed by atoms with Crippen molar-refractivity contribution in [2.24, 2.45) is 5.92 Å². The Morgan fingerprint density at radius 2 is 1.85 bits per heavy atom. The molecule has 6 rings (SSSR count). The molecule has 2 aromatic heterocycles. The number of rotatable bonds is 11. The van der Waals surface area contributed by atoms with Gasteiger partial charge in [-0.2, -0.15) is 0 Å². The lowest BCUT2D eigenvalue weighted by atomic mass is 9.82. The van der Waals surface area contributed by atoms with E-state index in [2.05, 4.69) is 10.3 Å². The van der Waals surface area contributed by atoms with Crippen molar-refractivity contribution in [1.29, 1.82) is 0 Å². The molecule has 3 aromatic rings. The Hall–Kier alpha value is -3.56. The van der Waals surface area contributed by atoms with Gasteiger partial charge in [-0.1, -0.05) is 36.4 Å². The third kappa shape index (κ3) is 6.20. The lowest BCUT2D eigenvalue weighted by molar-refractivity contribution is -0.938. The average molecular weight is 549 g/mol. The number of quaternary nitrogens is 1. The summed E-state index contributed by atoms with van der Waals surface area (Å²) in [5, 5.41) is 5.13. The van der Waals surface area contributed by atoms with Crippen molar-refractivity contribution >= 4 is 34.7 Å². The molecule has 2 atom stereocenters. The Morgan fingerprint density at radius 1 is 1.08 bits per heavy atom. The highest BCUT2D eigenvalue weighted by atomic mass is 32.1.